The van der Waals surface area contributed by atoms with Crippen LogP contribution < -0.4 is 4.74 Å². The predicted octanol–water partition coefficient (Wildman–Crippen LogP) is 8.37. The van der Waals surface area contributed by atoms with Crippen molar-refractivity contribution in [2.75, 3.05) is 13.7 Å². The summed E-state index contributed by atoms with van der Waals surface area (Å²) in [6.07, 6.45) is -8.33. The van der Waals surface area contributed by atoms with Crippen molar-refractivity contribution in [2.24, 2.45) is 5.41 Å². The molecule has 1 aliphatic heterocycles. The van der Waals surface area contributed by atoms with Gasteiger partial charge >= 0.3 is 12.4 Å². The molecular weight excluding hydrogens is 528 g/mol. The number of nitrogens with zero attached hydrogens (tertiary/aromatic N) is 1. The minimum atomic E-state index is -4.93. The van der Waals surface area contributed by atoms with Crippen LogP contribution in [0, 0.1) is 5.41 Å². The van der Waals surface area contributed by atoms with E-state index in [0.717, 1.165) is 53.9 Å². The molecule has 0 amide bonds. The van der Waals surface area contributed by atoms with Crippen molar-refractivity contribution in [3.8, 4) is 5.75 Å². The Balaban J connectivity index is 1.71. The van der Waals surface area contributed by atoms with Gasteiger partial charge in [-0.15, -0.1) is 12.6 Å². The van der Waals surface area contributed by atoms with Gasteiger partial charge < -0.3 is 9.47 Å². The predicted molar refractivity (Wildman–Crippen MR) is 137 cm³/mol. The molecule has 1 unspecified atom stereocenters. The summed E-state index contributed by atoms with van der Waals surface area (Å²) in [4.78, 5) is 1.88. The van der Waals surface area contributed by atoms with Crippen LogP contribution in [0.25, 0.3) is 5.57 Å². The van der Waals surface area contributed by atoms with Crippen LogP contribution in [0.4, 0.5) is 26.3 Å². The summed E-state index contributed by atoms with van der Waals surface area (Å²) >= 11 is 4.53. The van der Waals surface area contributed by atoms with Gasteiger partial charge in [-0.2, -0.15) is 26.3 Å². The fraction of sp³-hybridized carbons (Fsp3) is 0.500. The summed E-state index contributed by atoms with van der Waals surface area (Å²) in [7, 11) is 1.61. The molecule has 0 bridgehead atoms. The molecule has 0 aromatic heterocycles. The highest BCUT2D eigenvalue weighted by Gasteiger charge is 2.43. The summed E-state index contributed by atoms with van der Waals surface area (Å²) in [5, 5.41) is 0. The number of hydrogen-bond donors (Lipinski definition) is 1. The summed E-state index contributed by atoms with van der Waals surface area (Å²) in [5.74, 6) is 0.745. The van der Waals surface area contributed by atoms with Crippen LogP contribution in [0.1, 0.15) is 68.4 Å². The second-order valence-corrected chi connectivity index (χ2v) is 11.2. The first-order chi connectivity index (χ1) is 17.6. The molecule has 4 rings (SSSR count). The number of rotatable bonds is 5. The third-order valence-electron chi connectivity index (χ3n) is 7.43. The quantitative estimate of drug-likeness (QED) is 0.294. The van der Waals surface area contributed by atoms with Gasteiger partial charge in [0.05, 0.1) is 18.2 Å². The molecule has 1 saturated heterocycles. The van der Waals surface area contributed by atoms with Gasteiger partial charge in [0, 0.05) is 18.2 Å². The first-order valence-electron chi connectivity index (χ1n) is 12.3. The fourth-order valence-corrected chi connectivity index (χ4v) is 5.85. The first-order valence-corrected chi connectivity index (χ1v) is 12.9. The molecule has 1 heterocycles. The molecule has 1 aliphatic carbocycles. The lowest BCUT2D eigenvalue weighted by molar-refractivity contribution is -0.143. The highest BCUT2D eigenvalue weighted by molar-refractivity contribution is 7.80. The largest absolute Gasteiger partial charge is 0.496 e. The number of ether oxygens (including phenoxy) is 2. The number of thiol groups is 1. The van der Waals surface area contributed by atoms with E-state index in [1.165, 1.54) is 0 Å². The number of para-hydroxylation sites is 1. The van der Waals surface area contributed by atoms with Crippen molar-refractivity contribution in [2.45, 2.75) is 70.1 Å². The maximum absolute atomic E-state index is 13.5. The average Bonchev–Trinajstić information content (AvgIpc) is 3.11. The molecule has 0 saturated carbocycles. The fourth-order valence-electron chi connectivity index (χ4n) is 5.42. The Hall–Kier alpha value is -2.17. The Kier molecular flexibility index (Phi) is 7.91. The van der Waals surface area contributed by atoms with Crippen molar-refractivity contribution in [3.05, 3.63) is 70.3 Å². The molecule has 0 N–H and O–H groups in total. The van der Waals surface area contributed by atoms with Gasteiger partial charge in [-0.1, -0.05) is 37.6 Å². The van der Waals surface area contributed by atoms with Crippen molar-refractivity contribution in [1.29, 1.82) is 0 Å². The van der Waals surface area contributed by atoms with Crippen molar-refractivity contribution in [1.82, 2.24) is 4.90 Å². The van der Waals surface area contributed by atoms with E-state index in [0.29, 0.717) is 6.54 Å². The van der Waals surface area contributed by atoms with E-state index in [4.69, 9.17) is 9.47 Å². The van der Waals surface area contributed by atoms with Gasteiger partial charge in [0.15, 0.2) is 5.56 Å². The van der Waals surface area contributed by atoms with Crippen LogP contribution in [0.15, 0.2) is 48.0 Å². The normalized spacial score (nSPS) is 24.7. The lowest BCUT2D eigenvalue weighted by atomic mass is 9.72. The number of alkyl halides is 6. The number of halogens is 6. The van der Waals surface area contributed by atoms with E-state index in [1.54, 1.807) is 14.0 Å². The van der Waals surface area contributed by atoms with Crippen LogP contribution in [-0.2, 0) is 17.1 Å². The molecular formula is C28H31F6NO2S. The van der Waals surface area contributed by atoms with Crippen molar-refractivity contribution < 1.29 is 35.8 Å². The highest BCUT2D eigenvalue weighted by Crippen LogP contribution is 2.47. The zero-order valence-corrected chi connectivity index (χ0v) is 22.5. The Bertz CT molecular complexity index is 1170. The average molecular weight is 560 g/mol. The maximum Gasteiger partial charge on any atom is 0.416 e. The molecule has 2 aromatic rings. The Labute approximate surface area is 224 Å². The highest BCUT2D eigenvalue weighted by atomic mass is 32.1. The van der Waals surface area contributed by atoms with E-state index in [9.17, 15) is 26.3 Å². The van der Waals surface area contributed by atoms with Gasteiger partial charge in [0.25, 0.3) is 0 Å². The molecule has 0 radical (unpaired) electrons. The van der Waals surface area contributed by atoms with Gasteiger partial charge in [0.1, 0.15) is 11.9 Å². The first kappa shape index (κ1) is 28.8. The topological polar surface area (TPSA) is 21.7 Å². The molecule has 2 aromatic carbocycles. The molecule has 1 fully saturated rings. The van der Waals surface area contributed by atoms with Crippen molar-refractivity contribution >= 4 is 18.2 Å². The smallest absolute Gasteiger partial charge is 0.416 e. The lowest BCUT2D eigenvalue weighted by Crippen LogP contribution is -2.36. The molecule has 208 valence electrons. The van der Waals surface area contributed by atoms with E-state index in [1.807, 2.05) is 29.2 Å². The second kappa shape index (κ2) is 10.4. The molecule has 2 aliphatic rings. The molecule has 38 heavy (non-hydrogen) atoms. The Morgan fingerprint density at radius 2 is 1.63 bits per heavy atom. The van der Waals surface area contributed by atoms with E-state index in [-0.39, 0.29) is 17.0 Å². The standard InChI is InChI=1S/C28H31F6NO2S/c1-16-24(17-11-19(27(29,30)31)13-20(12-17)28(32,33)34)37-25(38)35(16)15-18-14-26(2,3)10-9-21(18)22-7-5-6-8-23(22)36-4/h5-8,11-13,16,24-25,38H,9-10,14-15H2,1-4H3/t16-,24-,25?/m0/s1. The molecule has 3 nitrogen and oxygen atoms in total. The zero-order valence-electron chi connectivity index (χ0n) is 21.6. The van der Waals surface area contributed by atoms with Crippen LogP contribution in [0.2, 0.25) is 0 Å². The van der Waals surface area contributed by atoms with Crippen molar-refractivity contribution in [3.63, 3.8) is 0 Å². The molecule has 3 atom stereocenters. The van der Waals surface area contributed by atoms with E-state index < -0.39 is 41.2 Å². The number of benzene rings is 2. The van der Waals surface area contributed by atoms with Crippen LogP contribution >= 0.6 is 12.6 Å². The monoisotopic (exact) mass is 559 g/mol. The summed E-state index contributed by atoms with van der Waals surface area (Å²) in [6.45, 7) is 6.51. The third kappa shape index (κ3) is 6.02. The van der Waals surface area contributed by atoms with Crippen LogP contribution in [0.5, 0.6) is 5.75 Å². The van der Waals surface area contributed by atoms with E-state index in [2.05, 4.69) is 26.5 Å². The van der Waals surface area contributed by atoms with Crippen LogP contribution in [-0.4, -0.2) is 30.2 Å². The minimum Gasteiger partial charge on any atom is -0.496 e. The maximum atomic E-state index is 13.5. The Morgan fingerprint density at radius 3 is 2.21 bits per heavy atom. The second-order valence-electron chi connectivity index (χ2n) is 10.8. The minimum absolute atomic E-state index is 0.0266. The number of allylic oxidation sites excluding steroid dienone is 1. The van der Waals surface area contributed by atoms with Crippen LogP contribution in [0.3, 0.4) is 0 Å². The van der Waals surface area contributed by atoms with E-state index >= 15 is 0 Å². The lowest BCUT2D eigenvalue weighted by Gasteiger charge is -2.36. The zero-order chi connectivity index (χ0) is 28.0. The van der Waals surface area contributed by atoms with Gasteiger partial charge in [-0.05, 0) is 67.0 Å². The number of hydrogen-bond acceptors (Lipinski definition) is 4. The third-order valence-corrected chi connectivity index (χ3v) is 7.85. The number of methoxy groups -OCH3 is 1. The molecule has 10 heteroatoms. The molecule has 0 spiro atoms. The summed E-state index contributed by atoms with van der Waals surface area (Å²) in [5.41, 5.74) is -0.436. The van der Waals surface area contributed by atoms with Gasteiger partial charge in [-0.3, -0.25) is 4.90 Å². The van der Waals surface area contributed by atoms with Gasteiger partial charge in [-0.25, -0.2) is 0 Å². The summed E-state index contributed by atoms with van der Waals surface area (Å²) in [6, 6.07) is 8.81. The van der Waals surface area contributed by atoms with Gasteiger partial charge in [0.2, 0.25) is 0 Å². The summed E-state index contributed by atoms with van der Waals surface area (Å²) < 4.78 is 92.3. The SMILES string of the molecule is COc1ccccc1C1=C(CN2C(S)O[C@H](c3cc(C(F)(F)F)cc(C(F)(F)F)c3)[C@@H]2C)CC(C)(C)CC1. The Morgan fingerprint density at radius 1 is 1.03 bits per heavy atom.